The Balaban J connectivity index is 2.32. The molecule has 0 radical (unpaired) electrons. The molecule has 0 aromatic carbocycles. The van der Waals surface area contributed by atoms with E-state index in [4.69, 9.17) is 4.74 Å². The fourth-order valence-electron chi connectivity index (χ4n) is 1.47. The molecule has 0 aromatic heterocycles. The fourth-order valence-corrected chi connectivity index (χ4v) is 1.47. The average Bonchev–Trinajstić information content (AvgIpc) is 2.35. The van der Waals surface area contributed by atoms with Gasteiger partial charge in [-0.3, -0.25) is 4.79 Å². The van der Waals surface area contributed by atoms with Crippen LogP contribution in [0.3, 0.4) is 0 Å². The third kappa shape index (κ3) is 3.85. The third-order valence-electron chi connectivity index (χ3n) is 2.93. The highest BCUT2D eigenvalue weighted by molar-refractivity contribution is 5.91. The van der Waals surface area contributed by atoms with Crippen LogP contribution in [-0.2, 0) is 9.53 Å². The quantitative estimate of drug-likeness (QED) is 0.742. The molecular weight excluding hydrogens is 206 g/mol. The van der Waals surface area contributed by atoms with Crippen molar-refractivity contribution >= 4 is 5.91 Å². The maximum absolute atomic E-state index is 11.6. The lowest BCUT2D eigenvalue weighted by Gasteiger charge is -2.19. The Bertz CT molecular complexity index is 263. The van der Waals surface area contributed by atoms with Gasteiger partial charge in [-0.15, -0.1) is 0 Å². The highest BCUT2D eigenvalue weighted by atomic mass is 16.5. The molecule has 0 aromatic rings. The molecule has 1 aliphatic heterocycles. The number of allylic oxidation sites excluding steroid dienone is 1. The summed E-state index contributed by atoms with van der Waals surface area (Å²) in [6.07, 6.45) is 4.06. The predicted molar refractivity (Wildman–Crippen MR) is 61.7 cm³/mol. The van der Waals surface area contributed by atoms with Crippen LogP contribution in [0.4, 0.5) is 0 Å². The van der Waals surface area contributed by atoms with E-state index in [0.29, 0.717) is 12.4 Å². The zero-order valence-electron chi connectivity index (χ0n) is 10.0. The molecule has 0 bridgehead atoms. The largest absolute Gasteiger partial charge is 0.488 e. The number of carbonyl (C=O) groups is 1. The summed E-state index contributed by atoms with van der Waals surface area (Å²) >= 11 is 0. The number of hydrogen-bond acceptors (Lipinski definition) is 3. The minimum absolute atomic E-state index is 0.196. The van der Waals surface area contributed by atoms with Gasteiger partial charge in [-0.25, -0.2) is 0 Å². The number of rotatable bonds is 5. The Hall–Kier alpha value is -1.03. The van der Waals surface area contributed by atoms with Gasteiger partial charge in [-0.1, -0.05) is 20.3 Å². The van der Waals surface area contributed by atoms with Crippen molar-refractivity contribution in [3.8, 4) is 0 Å². The Labute approximate surface area is 96.7 Å². The van der Waals surface area contributed by atoms with Crippen molar-refractivity contribution in [2.24, 2.45) is 5.92 Å². The van der Waals surface area contributed by atoms with Gasteiger partial charge >= 0.3 is 0 Å². The first kappa shape index (κ1) is 13.0. The van der Waals surface area contributed by atoms with Gasteiger partial charge in [0.05, 0.1) is 12.7 Å². The van der Waals surface area contributed by atoms with Crippen molar-refractivity contribution in [1.29, 1.82) is 0 Å². The van der Waals surface area contributed by atoms with E-state index in [-0.39, 0.29) is 18.4 Å². The van der Waals surface area contributed by atoms with E-state index in [9.17, 15) is 9.90 Å². The Morgan fingerprint density at radius 1 is 1.69 bits per heavy atom. The second-order valence-electron chi connectivity index (χ2n) is 4.22. The van der Waals surface area contributed by atoms with E-state index in [2.05, 4.69) is 5.32 Å². The molecule has 1 rings (SSSR count). The predicted octanol–water partition coefficient (Wildman–Crippen LogP) is 1.20. The smallest absolute Gasteiger partial charge is 0.286 e. The minimum Gasteiger partial charge on any atom is -0.488 e. The first-order chi connectivity index (χ1) is 7.65. The third-order valence-corrected chi connectivity index (χ3v) is 2.93. The molecule has 2 atom stereocenters. The van der Waals surface area contributed by atoms with Crippen molar-refractivity contribution in [3.63, 3.8) is 0 Å². The number of aliphatic hydroxyl groups is 1. The van der Waals surface area contributed by atoms with Crippen molar-refractivity contribution < 1.29 is 14.6 Å². The molecule has 92 valence electrons. The van der Waals surface area contributed by atoms with Gasteiger partial charge in [0, 0.05) is 6.54 Å². The first-order valence-electron chi connectivity index (χ1n) is 5.94. The van der Waals surface area contributed by atoms with Gasteiger partial charge in [-0.2, -0.15) is 0 Å². The van der Waals surface area contributed by atoms with Crippen LogP contribution in [-0.4, -0.2) is 30.3 Å². The molecule has 1 heterocycles. The molecule has 16 heavy (non-hydrogen) atoms. The summed E-state index contributed by atoms with van der Waals surface area (Å²) in [5, 5.41) is 12.4. The summed E-state index contributed by atoms with van der Waals surface area (Å²) in [7, 11) is 0. The van der Waals surface area contributed by atoms with Crippen molar-refractivity contribution in [2.75, 3.05) is 13.2 Å². The minimum atomic E-state index is -0.488. The van der Waals surface area contributed by atoms with E-state index >= 15 is 0 Å². The van der Waals surface area contributed by atoms with Gasteiger partial charge in [0.15, 0.2) is 5.76 Å². The number of amides is 1. The van der Waals surface area contributed by atoms with E-state index in [0.717, 1.165) is 19.3 Å². The summed E-state index contributed by atoms with van der Waals surface area (Å²) in [5.41, 5.74) is 0. The molecule has 2 N–H and O–H groups in total. The molecule has 0 spiro atoms. The second-order valence-corrected chi connectivity index (χ2v) is 4.22. The summed E-state index contributed by atoms with van der Waals surface area (Å²) in [4.78, 5) is 11.6. The number of nitrogens with one attached hydrogen (secondary N) is 1. The summed E-state index contributed by atoms with van der Waals surface area (Å²) in [5.74, 6) is 0.367. The van der Waals surface area contributed by atoms with Crippen LogP contribution in [0.15, 0.2) is 11.8 Å². The highest BCUT2D eigenvalue weighted by Crippen LogP contribution is 2.10. The van der Waals surface area contributed by atoms with Gasteiger partial charge in [-0.05, 0) is 24.8 Å². The second kappa shape index (κ2) is 6.53. The number of hydrogen-bond donors (Lipinski definition) is 2. The van der Waals surface area contributed by atoms with Gasteiger partial charge in [0.2, 0.25) is 0 Å². The van der Waals surface area contributed by atoms with E-state index in [1.54, 1.807) is 6.08 Å². The molecule has 1 amide bonds. The van der Waals surface area contributed by atoms with Gasteiger partial charge in [0.1, 0.15) is 0 Å². The van der Waals surface area contributed by atoms with Crippen LogP contribution in [0.5, 0.6) is 0 Å². The molecule has 0 saturated carbocycles. The van der Waals surface area contributed by atoms with Crippen LogP contribution in [0, 0.1) is 5.92 Å². The fraction of sp³-hybridized carbons (Fsp3) is 0.750. The normalized spacial score (nSPS) is 19.3. The average molecular weight is 227 g/mol. The molecule has 0 aliphatic carbocycles. The van der Waals surface area contributed by atoms with E-state index in [1.165, 1.54) is 0 Å². The Kier molecular flexibility index (Phi) is 5.32. The maximum atomic E-state index is 11.6. The molecule has 0 fully saturated rings. The van der Waals surface area contributed by atoms with E-state index < -0.39 is 6.10 Å². The monoisotopic (exact) mass is 227 g/mol. The Morgan fingerprint density at radius 2 is 2.44 bits per heavy atom. The topological polar surface area (TPSA) is 58.6 Å². The zero-order valence-corrected chi connectivity index (χ0v) is 10.0. The summed E-state index contributed by atoms with van der Waals surface area (Å²) in [6.45, 7) is 4.87. The van der Waals surface area contributed by atoms with Gasteiger partial charge in [0.25, 0.3) is 5.91 Å². The molecule has 1 aliphatic rings. The molecule has 4 nitrogen and oxygen atoms in total. The summed E-state index contributed by atoms with van der Waals surface area (Å²) < 4.78 is 5.23. The van der Waals surface area contributed by atoms with Crippen LogP contribution >= 0.6 is 0 Å². The van der Waals surface area contributed by atoms with Crippen molar-refractivity contribution in [1.82, 2.24) is 5.32 Å². The number of ether oxygens (including phenoxy) is 1. The lowest BCUT2D eigenvalue weighted by atomic mass is 10.0. The van der Waals surface area contributed by atoms with Crippen LogP contribution in [0.1, 0.15) is 33.1 Å². The first-order valence-corrected chi connectivity index (χ1v) is 5.94. The van der Waals surface area contributed by atoms with E-state index in [1.807, 2.05) is 13.8 Å². The molecule has 4 heteroatoms. The molecular formula is C12H21NO3. The highest BCUT2D eigenvalue weighted by Gasteiger charge is 2.17. The van der Waals surface area contributed by atoms with Crippen LogP contribution in [0.2, 0.25) is 0 Å². The molecule has 0 saturated heterocycles. The van der Waals surface area contributed by atoms with Crippen LogP contribution in [0.25, 0.3) is 0 Å². The standard InChI is InChI=1S/C12H21NO3/c1-3-9(2)10(14)8-13-12(15)11-6-4-5-7-16-11/h6,9-10,14H,3-5,7-8H2,1-2H3,(H,13,15). The number of carbonyl (C=O) groups excluding carboxylic acids is 1. The number of aliphatic hydroxyl groups excluding tert-OH is 1. The Morgan fingerprint density at radius 3 is 3.00 bits per heavy atom. The van der Waals surface area contributed by atoms with Crippen molar-refractivity contribution in [2.45, 2.75) is 39.2 Å². The summed E-state index contributed by atoms with van der Waals surface area (Å²) in [6, 6.07) is 0. The SMILES string of the molecule is CCC(C)C(O)CNC(=O)C1=CCCCO1. The van der Waals surface area contributed by atoms with Crippen molar-refractivity contribution in [3.05, 3.63) is 11.8 Å². The maximum Gasteiger partial charge on any atom is 0.286 e. The zero-order chi connectivity index (χ0) is 12.0. The van der Waals surface area contributed by atoms with Gasteiger partial charge < -0.3 is 15.2 Å². The molecule has 2 unspecified atom stereocenters. The lowest BCUT2D eigenvalue weighted by molar-refractivity contribution is -0.121. The lowest BCUT2D eigenvalue weighted by Crippen LogP contribution is -2.36. The van der Waals surface area contributed by atoms with Crippen LogP contribution < -0.4 is 5.32 Å².